The van der Waals surface area contributed by atoms with Crippen molar-refractivity contribution in [2.45, 2.75) is 33.9 Å². The maximum atomic E-state index is 13.9. The van der Waals surface area contributed by atoms with Gasteiger partial charge >= 0.3 is 0 Å². The number of aliphatic hydroxyl groups excluding tert-OH is 1. The molecule has 2 aliphatic rings. The van der Waals surface area contributed by atoms with Crippen molar-refractivity contribution in [1.82, 2.24) is 4.57 Å². The fourth-order valence-corrected chi connectivity index (χ4v) is 6.92. The number of halogens is 1. The Morgan fingerprint density at radius 3 is 2.47 bits per heavy atom. The third kappa shape index (κ3) is 5.90. The minimum Gasteiger partial charge on any atom is -0.394 e. The van der Waals surface area contributed by atoms with Crippen molar-refractivity contribution >= 4 is 62.8 Å². The minimum absolute atomic E-state index is 0.0191. The van der Waals surface area contributed by atoms with Crippen molar-refractivity contribution in [3.8, 4) is 0 Å². The monoisotopic (exact) mass is 685 g/mol. The van der Waals surface area contributed by atoms with E-state index in [4.69, 9.17) is 17.4 Å². The standard InChI is InChI=1S/C36H37BrN4O3S/c1-4-38-31-19-24(3)11-13-30(31)41(23-25-9-7-6-8-10-25)34(38)22-28-35(43)27(36(28)45)21-33-39(5-2)32-20-26(37)12-14-29(32)40(33)15-17-44-18-16-42/h6-14,19-22,42H,4-5,15-18,23H2,1-3H3/p+1. The molecule has 45 heavy (non-hydrogen) atoms. The van der Waals surface area contributed by atoms with Crippen molar-refractivity contribution in [2.24, 2.45) is 0 Å². The van der Waals surface area contributed by atoms with E-state index in [1.807, 2.05) is 24.3 Å². The molecule has 0 amide bonds. The molecular weight excluding hydrogens is 648 g/mol. The number of ketones is 1. The van der Waals surface area contributed by atoms with Gasteiger partial charge < -0.3 is 19.6 Å². The largest absolute Gasteiger partial charge is 0.394 e. The van der Waals surface area contributed by atoms with Gasteiger partial charge in [-0.1, -0.05) is 52.3 Å². The lowest BCUT2D eigenvalue weighted by Gasteiger charge is -2.27. The number of fused-ring (bicyclic) bond motifs is 2. The summed E-state index contributed by atoms with van der Waals surface area (Å²) in [5.74, 6) is 1.86. The summed E-state index contributed by atoms with van der Waals surface area (Å²) in [4.78, 5) is 19.0. The number of allylic oxidation sites excluding steroid dienone is 3. The first-order valence-corrected chi connectivity index (χ1v) is 16.6. The number of benzene rings is 3. The molecule has 1 aliphatic carbocycles. The number of aryl methyl sites for hydroxylation is 2. The highest BCUT2D eigenvalue weighted by Crippen LogP contribution is 2.45. The van der Waals surface area contributed by atoms with Crippen molar-refractivity contribution in [1.29, 1.82) is 0 Å². The summed E-state index contributed by atoms with van der Waals surface area (Å²) in [7, 11) is 0. The smallest absolute Gasteiger partial charge is 0.283 e. The van der Waals surface area contributed by atoms with Crippen LogP contribution in [-0.2, 0) is 22.6 Å². The van der Waals surface area contributed by atoms with Gasteiger partial charge in [-0.25, -0.2) is 9.13 Å². The first-order chi connectivity index (χ1) is 21.9. The quantitative estimate of drug-likeness (QED) is 0.0827. The number of carbonyl (C=O) groups excluding carboxylic acids is 1. The number of carbonyl (C=O) groups is 1. The summed E-state index contributed by atoms with van der Waals surface area (Å²) in [6, 6.07) is 23.1. The molecule has 1 aliphatic heterocycles. The van der Waals surface area contributed by atoms with E-state index in [1.54, 1.807) is 0 Å². The molecule has 1 N–H and O–H groups in total. The Hall–Kier alpha value is -3.63. The normalized spacial score (nSPS) is 16.4. The number of aromatic nitrogens is 2. The minimum atomic E-state index is -0.0208. The van der Waals surface area contributed by atoms with Gasteiger partial charge in [-0.05, 0) is 68.3 Å². The molecular formula is C36H38BrN4O3S+. The zero-order valence-electron chi connectivity index (χ0n) is 25.8. The third-order valence-electron chi connectivity index (χ3n) is 8.39. The molecule has 0 atom stereocenters. The highest BCUT2D eigenvalue weighted by Gasteiger charge is 2.37. The van der Waals surface area contributed by atoms with Crippen molar-refractivity contribution < 1.29 is 19.2 Å². The maximum Gasteiger partial charge on any atom is 0.283 e. The van der Waals surface area contributed by atoms with Crippen LogP contribution in [-0.4, -0.2) is 48.4 Å². The second kappa shape index (κ2) is 13.4. The van der Waals surface area contributed by atoms with E-state index in [9.17, 15) is 9.90 Å². The molecule has 0 saturated heterocycles. The van der Waals surface area contributed by atoms with Gasteiger partial charge in [-0.2, -0.15) is 0 Å². The lowest BCUT2D eigenvalue weighted by Crippen LogP contribution is -2.37. The van der Waals surface area contributed by atoms with Crippen LogP contribution in [0.1, 0.15) is 30.8 Å². The second-order valence-corrected chi connectivity index (χ2v) is 12.5. The molecule has 0 unspecified atom stereocenters. The van der Waals surface area contributed by atoms with Gasteiger partial charge in [-0.15, -0.1) is 12.6 Å². The van der Waals surface area contributed by atoms with Gasteiger partial charge in [0.1, 0.15) is 12.4 Å². The molecule has 0 bridgehead atoms. The predicted molar refractivity (Wildman–Crippen MR) is 188 cm³/mol. The number of imidazole rings is 1. The number of hydrogen-bond acceptors (Lipinski definition) is 6. The topological polar surface area (TPSA) is 61.8 Å². The fraction of sp³-hybridized carbons (Fsp3) is 0.278. The van der Waals surface area contributed by atoms with E-state index in [2.05, 4.69) is 110 Å². The fourth-order valence-electron chi connectivity index (χ4n) is 6.24. The van der Waals surface area contributed by atoms with Gasteiger partial charge in [0.15, 0.2) is 16.8 Å². The molecule has 3 aromatic carbocycles. The lowest BCUT2D eigenvalue weighted by molar-refractivity contribution is -0.665. The van der Waals surface area contributed by atoms with Gasteiger partial charge in [0, 0.05) is 39.7 Å². The number of aliphatic hydroxyl groups is 1. The van der Waals surface area contributed by atoms with E-state index in [0.717, 1.165) is 51.6 Å². The number of Topliss-reactive ketones (excluding diaryl/α,β-unsaturated/α-hetero) is 1. The molecule has 1 aromatic heterocycles. The van der Waals surface area contributed by atoms with Crippen LogP contribution in [0.3, 0.4) is 0 Å². The van der Waals surface area contributed by atoms with Gasteiger partial charge in [0.25, 0.3) is 5.82 Å². The van der Waals surface area contributed by atoms with Gasteiger partial charge in [-0.3, -0.25) is 4.79 Å². The summed E-state index contributed by atoms with van der Waals surface area (Å²) in [5, 5.41) is 9.18. The molecule has 0 radical (unpaired) electrons. The Morgan fingerprint density at radius 1 is 0.956 bits per heavy atom. The molecule has 9 heteroatoms. The predicted octanol–water partition coefficient (Wildman–Crippen LogP) is 6.41. The second-order valence-electron chi connectivity index (χ2n) is 11.2. The molecule has 2 heterocycles. The zero-order chi connectivity index (χ0) is 31.7. The number of nitrogens with zero attached hydrogens (tertiary/aromatic N) is 4. The van der Waals surface area contributed by atoms with Crippen LogP contribution in [0.25, 0.3) is 17.1 Å². The van der Waals surface area contributed by atoms with E-state index in [-0.39, 0.29) is 19.0 Å². The van der Waals surface area contributed by atoms with E-state index in [0.29, 0.717) is 35.7 Å². The summed E-state index contributed by atoms with van der Waals surface area (Å²) in [6.45, 7) is 9.83. The molecule has 4 aromatic rings. The van der Waals surface area contributed by atoms with E-state index in [1.165, 1.54) is 11.1 Å². The Morgan fingerprint density at radius 2 is 1.76 bits per heavy atom. The van der Waals surface area contributed by atoms with Gasteiger partial charge in [0.05, 0.1) is 37.7 Å². The zero-order valence-corrected chi connectivity index (χ0v) is 28.3. The SMILES string of the molecule is CCN1/C(=C/C2=C(S)C(=C\c3n(CC)c4cc(C)ccc4[n+]3Cc3ccccc3)/C2=O)N(CCOCCO)c2ccc(Br)cc21. The average Bonchev–Trinajstić information content (AvgIpc) is 3.50. The third-order valence-corrected chi connectivity index (χ3v) is 9.37. The van der Waals surface area contributed by atoms with Crippen LogP contribution in [0.5, 0.6) is 0 Å². The number of rotatable bonds is 11. The molecule has 7 nitrogen and oxygen atoms in total. The van der Waals surface area contributed by atoms with Crippen LogP contribution in [0.2, 0.25) is 0 Å². The Bertz CT molecular complexity index is 1860. The maximum absolute atomic E-state index is 13.9. The average molecular weight is 687 g/mol. The molecule has 0 spiro atoms. The number of thiol groups is 1. The molecule has 232 valence electrons. The van der Waals surface area contributed by atoms with Crippen molar-refractivity contribution in [3.05, 3.63) is 116 Å². The highest BCUT2D eigenvalue weighted by molar-refractivity contribution is 9.10. The summed E-state index contributed by atoms with van der Waals surface area (Å²) < 4.78 is 11.2. The Labute approximate surface area is 278 Å². The lowest BCUT2D eigenvalue weighted by atomic mass is 9.89. The van der Waals surface area contributed by atoms with Gasteiger partial charge in [0.2, 0.25) is 0 Å². The van der Waals surface area contributed by atoms with Crippen molar-refractivity contribution in [2.75, 3.05) is 42.7 Å². The summed E-state index contributed by atoms with van der Waals surface area (Å²) in [5.41, 5.74) is 7.98. The molecule has 0 saturated carbocycles. The first-order valence-electron chi connectivity index (χ1n) is 15.4. The van der Waals surface area contributed by atoms with Crippen LogP contribution in [0, 0.1) is 6.92 Å². The van der Waals surface area contributed by atoms with Crippen LogP contribution >= 0.6 is 28.6 Å². The number of ether oxygens (including phenoxy) is 1. The Kier molecular flexibility index (Phi) is 9.33. The van der Waals surface area contributed by atoms with E-state index >= 15 is 0 Å². The van der Waals surface area contributed by atoms with Crippen molar-refractivity contribution in [3.63, 3.8) is 0 Å². The van der Waals surface area contributed by atoms with Crippen LogP contribution in [0.4, 0.5) is 11.4 Å². The summed E-state index contributed by atoms with van der Waals surface area (Å²) >= 11 is 8.53. The van der Waals surface area contributed by atoms with E-state index < -0.39 is 0 Å². The van der Waals surface area contributed by atoms with Crippen LogP contribution in [0.15, 0.2) is 99.2 Å². The molecule has 0 fully saturated rings. The molecule has 6 rings (SSSR count). The number of hydrogen-bond donors (Lipinski definition) is 2. The summed E-state index contributed by atoms with van der Waals surface area (Å²) in [6.07, 6.45) is 3.97. The first kappa shape index (κ1) is 31.4. The Balaban J connectivity index is 1.42. The highest BCUT2D eigenvalue weighted by atomic mass is 79.9. The van der Waals surface area contributed by atoms with Crippen LogP contribution < -0.4 is 14.4 Å². The number of anilines is 2.